The van der Waals surface area contributed by atoms with Crippen molar-refractivity contribution < 1.29 is 14.2 Å². The third kappa shape index (κ3) is 13.8. The van der Waals surface area contributed by atoms with Crippen molar-refractivity contribution in [3.63, 3.8) is 0 Å². The summed E-state index contributed by atoms with van der Waals surface area (Å²) in [6.07, 6.45) is 3.22. The Morgan fingerprint density at radius 3 is 2.35 bits per heavy atom. The molecule has 0 fully saturated rings. The van der Waals surface area contributed by atoms with E-state index in [4.69, 9.17) is 14.2 Å². The minimum Gasteiger partial charge on any atom is -0.382 e. The number of methoxy groups -OCH3 is 1. The Kier molecular flexibility index (Phi) is 13.8. The van der Waals surface area contributed by atoms with Gasteiger partial charge in [0.05, 0.1) is 13.2 Å². The molecule has 1 N–H and O–H groups in total. The van der Waals surface area contributed by atoms with Gasteiger partial charge in [-0.15, -0.1) is 0 Å². The first-order valence-corrected chi connectivity index (χ1v) is 6.69. The summed E-state index contributed by atoms with van der Waals surface area (Å²) in [6.45, 7) is 9.19. The standard InChI is InChI=1S/C13H29NO3/c1-4-7-14-13(2)6-10-16-8-5-9-17-12-11-15-3/h13-14H,4-12H2,1-3H3. The predicted octanol–water partition coefficient (Wildman–Crippen LogP) is 1.83. The van der Waals surface area contributed by atoms with Crippen LogP contribution in [0.1, 0.15) is 33.1 Å². The van der Waals surface area contributed by atoms with E-state index in [1.54, 1.807) is 7.11 Å². The van der Waals surface area contributed by atoms with Gasteiger partial charge in [0.25, 0.3) is 0 Å². The zero-order chi connectivity index (χ0) is 12.8. The molecule has 0 aliphatic heterocycles. The van der Waals surface area contributed by atoms with Gasteiger partial charge in [0.1, 0.15) is 0 Å². The normalized spacial score (nSPS) is 12.9. The first kappa shape index (κ1) is 16.8. The highest BCUT2D eigenvalue weighted by atomic mass is 16.5. The van der Waals surface area contributed by atoms with E-state index in [0.29, 0.717) is 19.3 Å². The van der Waals surface area contributed by atoms with Crippen LogP contribution in [0.5, 0.6) is 0 Å². The Labute approximate surface area is 106 Å². The molecule has 4 nitrogen and oxygen atoms in total. The molecular formula is C13H29NO3. The molecule has 4 heteroatoms. The zero-order valence-electron chi connectivity index (χ0n) is 11.7. The van der Waals surface area contributed by atoms with Crippen molar-refractivity contribution in [3.05, 3.63) is 0 Å². The van der Waals surface area contributed by atoms with Crippen LogP contribution in [-0.4, -0.2) is 52.7 Å². The lowest BCUT2D eigenvalue weighted by Gasteiger charge is -2.13. The molecular weight excluding hydrogens is 218 g/mol. The summed E-state index contributed by atoms with van der Waals surface area (Å²) in [5.74, 6) is 0. The van der Waals surface area contributed by atoms with E-state index >= 15 is 0 Å². The van der Waals surface area contributed by atoms with Gasteiger partial charge in [-0.05, 0) is 32.7 Å². The quantitative estimate of drug-likeness (QED) is 0.504. The topological polar surface area (TPSA) is 39.7 Å². The fourth-order valence-electron chi connectivity index (χ4n) is 1.36. The lowest BCUT2D eigenvalue weighted by atomic mass is 10.2. The monoisotopic (exact) mass is 247 g/mol. The summed E-state index contributed by atoms with van der Waals surface area (Å²) in [5, 5.41) is 3.44. The van der Waals surface area contributed by atoms with Gasteiger partial charge in [0.15, 0.2) is 0 Å². The van der Waals surface area contributed by atoms with Gasteiger partial charge in [-0.3, -0.25) is 0 Å². The van der Waals surface area contributed by atoms with E-state index in [2.05, 4.69) is 19.2 Å². The summed E-state index contributed by atoms with van der Waals surface area (Å²) in [4.78, 5) is 0. The van der Waals surface area contributed by atoms with Crippen molar-refractivity contribution in [2.45, 2.75) is 39.2 Å². The van der Waals surface area contributed by atoms with Crippen LogP contribution in [0.4, 0.5) is 0 Å². The highest BCUT2D eigenvalue weighted by Gasteiger charge is 1.99. The van der Waals surface area contributed by atoms with Crippen molar-refractivity contribution >= 4 is 0 Å². The molecule has 0 saturated heterocycles. The van der Waals surface area contributed by atoms with E-state index in [-0.39, 0.29) is 0 Å². The summed E-state index contributed by atoms with van der Waals surface area (Å²) in [5.41, 5.74) is 0. The summed E-state index contributed by atoms with van der Waals surface area (Å²) in [6, 6.07) is 0.549. The molecule has 0 aromatic heterocycles. The molecule has 0 radical (unpaired) electrons. The Bertz CT molecular complexity index is 145. The van der Waals surface area contributed by atoms with E-state index < -0.39 is 0 Å². The smallest absolute Gasteiger partial charge is 0.0700 e. The van der Waals surface area contributed by atoms with Gasteiger partial charge in [-0.2, -0.15) is 0 Å². The van der Waals surface area contributed by atoms with Crippen LogP contribution in [0, 0.1) is 0 Å². The maximum atomic E-state index is 5.54. The lowest BCUT2D eigenvalue weighted by molar-refractivity contribution is 0.0502. The van der Waals surface area contributed by atoms with E-state index in [1.807, 2.05) is 0 Å². The molecule has 0 aromatic carbocycles. The number of rotatable bonds is 13. The predicted molar refractivity (Wildman–Crippen MR) is 70.5 cm³/mol. The van der Waals surface area contributed by atoms with Crippen LogP contribution in [0.15, 0.2) is 0 Å². The van der Waals surface area contributed by atoms with Crippen LogP contribution < -0.4 is 5.32 Å². The molecule has 0 aromatic rings. The van der Waals surface area contributed by atoms with Gasteiger partial charge in [0.2, 0.25) is 0 Å². The summed E-state index contributed by atoms with van der Waals surface area (Å²) < 4.78 is 15.8. The third-order valence-corrected chi connectivity index (χ3v) is 2.45. The lowest BCUT2D eigenvalue weighted by Crippen LogP contribution is -2.27. The first-order chi connectivity index (χ1) is 8.31. The van der Waals surface area contributed by atoms with Gasteiger partial charge < -0.3 is 19.5 Å². The Balaban J connectivity index is 3.02. The highest BCUT2D eigenvalue weighted by Crippen LogP contribution is 1.93. The summed E-state index contributed by atoms with van der Waals surface area (Å²) in [7, 11) is 1.68. The molecule has 1 atom stereocenters. The van der Waals surface area contributed by atoms with E-state index in [0.717, 1.165) is 39.2 Å². The van der Waals surface area contributed by atoms with Crippen molar-refractivity contribution in [2.75, 3.05) is 46.7 Å². The van der Waals surface area contributed by atoms with Gasteiger partial charge in [-0.25, -0.2) is 0 Å². The average Bonchev–Trinajstić information content (AvgIpc) is 2.34. The molecule has 0 heterocycles. The molecule has 0 spiro atoms. The van der Waals surface area contributed by atoms with Crippen molar-refractivity contribution in [1.82, 2.24) is 5.32 Å². The third-order valence-electron chi connectivity index (χ3n) is 2.45. The number of ether oxygens (including phenoxy) is 3. The SMILES string of the molecule is CCCNC(C)CCOCCCOCCOC. The van der Waals surface area contributed by atoms with E-state index in [9.17, 15) is 0 Å². The van der Waals surface area contributed by atoms with Crippen molar-refractivity contribution in [2.24, 2.45) is 0 Å². The molecule has 0 aliphatic rings. The minimum atomic E-state index is 0.549. The van der Waals surface area contributed by atoms with Gasteiger partial charge >= 0.3 is 0 Å². The molecule has 0 amide bonds. The minimum absolute atomic E-state index is 0.549. The second-order valence-electron chi connectivity index (χ2n) is 4.21. The average molecular weight is 247 g/mol. The molecule has 0 bridgehead atoms. The fourth-order valence-corrected chi connectivity index (χ4v) is 1.36. The second-order valence-corrected chi connectivity index (χ2v) is 4.21. The van der Waals surface area contributed by atoms with Gasteiger partial charge in [-0.1, -0.05) is 6.92 Å². The highest BCUT2D eigenvalue weighted by molar-refractivity contribution is 4.58. The maximum absolute atomic E-state index is 5.54. The van der Waals surface area contributed by atoms with Gasteiger partial charge in [0, 0.05) is 33.0 Å². The molecule has 0 saturated carbocycles. The molecule has 17 heavy (non-hydrogen) atoms. The van der Waals surface area contributed by atoms with Crippen molar-refractivity contribution in [1.29, 1.82) is 0 Å². The zero-order valence-corrected chi connectivity index (χ0v) is 11.7. The number of hydrogen-bond acceptors (Lipinski definition) is 4. The molecule has 104 valence electrons. The largest absolute Gasteiger partial charge is 0.382 e. The molecule has 1 unspecified atom stereocenters. The van der Waals surface area contributed by atoms with Crippen LogP contribution in [-0.2, 0) is 14.2 Å². The second kappa shape index (κ2) is 13.9. The molecule has 0 rings (SSSR count). The van der Waals surface area contributed by atoms with Crippen LogP contribution in [0.2, 0.25) is 0 Å². The Morgan fingerprint density at radius 1 is 1.00 bits per heavy atom. The van der Waals surface area contributed by atoms with E-state index in [1.165, 1.54) is 6.42 Å². The maximum Gasteiger partial charge on any atom is 0.0700 e. The van der Waals surface area contributed by atoms with Crippen LogP contribution >= 0.6 is 0 Å². The Morgan fingerprint density at radius 2 is 1.71 bits per heavy atom. The number of hydrogen-bond donors (Lipinski definition) is 1. The Hall–Kier alpha value is -0.160. The summed E-state index contributed by atoms with van der Waals surface area (Å²) >= 11 is 0. The van der Waals surface area contributed by atoms with Crippen LogP contribution in [0.3, 0.4) is 0 Å². The fraction of sp³-hybridized carbons (Fsp3) is 1.00. The van der Waals surface area contributed by atoms with Crippen molar-refractivity contribution in [3.8, 4) is 0 Å². The first-order valence-electron chi connectivity index (χ1n) is 6.69. The van der Waals surface area contributed by atoms with Crippen LogP contribution in [0.25, 0.3) is 0 Å². The molecule has 0 aliphatic carbocycles. The number of nitrogens with one attached hydrogen (secondary N) is 1.